The Hall–Kier alpha value is -2.75. The zero-order chi connectivity index (χ0) is 16.6. The summed E-state index contributed by atoms with van der Waals surface area (Å²) in [4.78, 5) is 12.4. The smallest absolute Gasteiger partial charge is 0.200 e. The van der Waals surface area contributed by atoms with Gasteiger partial charge in [0.15, 0.2) is 11.4 Å². The van der Waals surface area contributed by atoms with Gasteiger partial charge >= 0.3 is 0 Å². The zero-order valence-corrected chi connectivity index (χ0v) is 12.7. The molecule has 0 fully saturated rings. The van der Waals surface area contributed by atoms with E-state index < -0.39 is 5.82 Å². The van der Waals surface area contributed by atoms with Gasteiger partial charge in [-0.15, -0.1) is 0 Å². The largest absolute Gasteiger partial charge is 0.453 e. The molecule has 116 valence electrons. The van der Waals surface area contributed by atoms with Crippen LogP contribution in [-0.4, -0.2) is 0 Å². The van der Waals surface area contributed by atoms with Gasteiger partial charge in [0.2, 0.25) is 5.43 Å². The highest BCUT2D eigenvalue weighted by Crippen LogP contribution is 2.25. The Morgan fingerprint density at radius 3 is 2.43 bits per heavy atom. The minimum atomic E-state index is -0.578. The number of rotatable bonds is 0. The van der Waals surface area contributed by atoms with Gasteiger partial charge < -0.3 is 4.42 Å². The molecule has 0 spiro atoms. The molecule has 0 atom stereocenters. The average molecular weight is 312 g/mol. The molecule has 0 bridgehead atoms. The van der Waals surface area contributed by atoms with Crippen molar-refractivity contribution in [3.8, 4) is 0 Å². The first-order valence-electron chi connectivity index (χ1n) is 7.38. The number of benzene rings is 3. The Morgan fingerprint density at radius 1 is 0.870 bits per heavy atom. The third-order valence-electron chi connectivity index (χ3n) is 3.57. The Balaban J connectivity index is 0.000000753. The van der Waals surface area contributed by atoms with Crippen molar-refractivity contribution in [3.05, 3.63) is 70.4 Å². The molecule has 4 aromatic rings. The van der Waals surface area contributed by atoms with Crippen molar-refractivity contribution in [2.45, 2.75) is 13.8 Å². The summed E-state index contributed by atoms with van der Waals surface area (Å²) in [6.45, 7) is 4.00. The van der Waals surface area contributed by atoms with Crippen LogP contribution in [0.15, 0.2) is 57.7 Å². The molecule has 0 radical (unpaired) electrons. The van der Waals surface area contributed by atoms with Crippen LogP contribution in [0.3, 0.4) is 0 Å². The van der Waals surface area contributed by atoms with Crippen LogP contribution in [0.5, 0.6) is 0 Å². The van der Waals surface area contributed by atoms with Crippen molar-refractivity contribution >= 4 is 32.7 Å². The summed E-state index contributed by atoms with van der Waals surface area (Å²) in [6, 6.07) is 11.7. The molecule has 0 unspecified atom stereocenters. The number of halogens is 2. The van der Waals surface area contributed by atoms with Gasteiger partial charge in [0.25, 0.3) is 0 Å². The van der Waals surface area contributed by atoms with Crippen molar-refractivity contribution < 1.29 is 13.2 Å². The number of para-hydroxylation sites is 1. The van der Waals surface area contributed by atoms with Crippen molar-refractivity contribution in [2.24, 2.45) is 0 Å². The van der Waals surface area contributed by atoms with Crippen LogP contribution in [0.1, 0.15) is 13.8 Å². The van der Waals surface area contributed by atoms with E-state index in [9.17, 15) is 13.6 Å². The highest BCUT2D eigenvalue weighted by molar-refractivity contribution is 5.99. The minimum Gasteiger partial charge on any atom is -0.453 e. The van der Waals surface area contributed by atoms with Gasteiger partial charge in [0.1, 0.15) is 11.4 Å². The fraction of sp³-hybridized carbons (Fsp3) is 0.105. The van der Waals surface area contributed by atoms with E-state index in [0.29, 0.717) is 10.8 Å². The first-order valence-corrected chi connectivity index (χ1v) is 7.38. The lowest BCUT2D eigenvalue weighted by molar-refractivity contribution is 0.579. The highest BCUT2D eigenvalue weighted by Gasteiger charge is 2.12. The number of hydrogen-bond donors (Lipinski definition) is 0. The Bertz CT molecular complexity index is 1080. The second-order valence-electron chi connectivity index (χ2n) is 4.89. The van der Waals surface area contributed by atoms with E-state index >= 15 is 0 Å². The zero-order valence-electron chi connectivity index (χ0n) is 12.7. The summed E-state index contributed by atoms with van der Waals surface area (Å²) in [5.41, 5.74) is -0.0925. The fourth-order valence-electron chi connectivity index (χ4n) is 2.56. The van der Waals surface area contributed by atoms with E-state index in [-0.39, 0.29) is 27.8 Å². The van der Waals surface area contributed by atoms with Crippen molar-refractivity contribution in [1.29, 1.82) is 0 Å². The van der Waals surface area contributed by atoms with Crippen LogP contribution in [0.2, 0.25) is 0 Å². The fourth-order valence-corrected chi connectivity index (χ4v) is 2.56. The van der Waals surface area contributed by atoms with Crippen molar-refractivity contribution in [1.82, 2.24) is 0 Å². The Morgan fingerprint density at radius 2 is 1.65 bits per heavy atom. The van der Waals surface area contributed by atoms with Gasteiger partial charge in [0, 0.05) is 0 Å². The van der Waals surface area contributed by atoms with E-state index in [1.54, 1.807) is 18.2 Å². The molecule has 0 N–H and O–H groups in total. The summed E-state index contributed by atoms with van der Waals surface area (Å²) >= 11 is 0. The van der Waals surface area contributed by atoms with Gasteiger partial charge in [-0.1, -0.05) is 26.0 Å². The van der Waals surface area contributed by atoms with Crippen LogP contribution in [0.25, 0.3) is 32.7 Å². The first-order chi connectivity index (χ1) is 11.1. The lowest BCUT2D eigenvalue weighted by Crippen LogP contribution is -2.03. The van der Waals surface area contributed by atoms with E-state index in [1.807, 2.05) is 13.8 Å². The molecule has 4 rings (SSSR count). The maximum atomic E-state index is 13.8. The standard InChI is InChI=1S/C17H8F2O2.C2H6/c18-11-5-4-9-8-15-13(7-10(9)6-11)16(20)12-2-1-3-14(19)17(12)21-15;1-2/h1-8H;1-2H3. The molecule has 2 nitrogen and oxygen atoms in total. The van der Waals surface area contributed by atoms with Gasteiger partial charge in [0.05, 0.1) is 10.8 Å². The average Bonchev–Trinajstić information content (AvgIpc) is 2.57. The molecule has 1 heterocycles. The lowest BCUT2D eigenvalue weighted by Gasteiger charge is -2.04. The van der Waals surface area contributed by atoms with Crippen molar-refractivity contribution in [3.63, 3.8) is 0 Å². The molecular weight excluding hydrogens is 298 g/mol. The molecular formula is C19H14F2O2. The Kier molecular flexibility index (Phi) is 3.82. The highest BCUT2D eigenvalue weighted by atomic mass is 19.1. The summed E-state index contributed by atoms with van der Waals surface area (Å²) < 4.78 is 32.6. The van der Waals surface area contributed by atoms with Crippen LogP contribution >= 0.6 is 0 Å². The quantitative estimate of drug-likeness (QED) is 0.407. The Labute approximate surface area is 131 Å². The molecule has 1 aromatic heterocycles. The maximum Gasteiger partial charge on any atom is 0.200 e. The third kappa shape index (κ3) is 2.46. The molecule has 0 amide bonds. The number of fused-ring (bicyclic) bond motifs is 3. The van der Waals surface area contributed by atoms with Crippen LogP contribution in [0.4, 0.5) is 8.78 Å². The van der Waals surface area contributed by atoms with E-state index in [2.05, 4.69) is 0 Å². The molecule has 0 saturated heterocycles. The molecule has 3 aromatic carbocycles. The second-order valence-corrected chi connectivity index (χ2v) is 4.89. The monoisotopic (exact) mass is 312 g/mol. The topological polar surface area (TPSA) is 30.2 Å². The van der Waals surface area contributed by atoms with Gasteiger partial charge in [-0.2, -0.15) is 0 Å². The summed E-state index contributed by atoms with van der Waals surface area (Å²) in [5, 5.41) is 1.82. The van der Waals surface area contributed by atoms with E-state index in [0.717, 1.165) is 5.39 Å². The van der Waals surface area contributed by atoms with Gasteiger partial charge in [-0.25, -0.2) is 8.78 Å². The second kappa shape index (κ2) is 5.80. The third-order valence-corrected chi connectivity index (χ3v) is 3.57. The molecule has 23 heavy (non-hydrogen) atoms. The van der Waals surface area contributed by atoms with E-state index in [1.165, 1.54) is 30.3 Å². The van der Waals surface area contributed by atoms with Crippen LogP contribution < -0.4 is 5.43 Å². The molecule has 0 aliphatic carbocycles. The molecule has 0 aliphatic rings. The summed E-state index contributed by atoms with van der Waals surface area (Å²) in [7, 11) is 0. The van der Waals surface area contributed by atoms with Gasteiger partial charge in [-0.05, 0) is 47.2 Å². The van der Waals surface area contributed by atoms with Gasteiger partial charge in [-0.3, -0.25) is 4.79 Å². The van der Waals surface area contributed by atoms with E-state index in [4.69, 9.17) is 4.42 Å². The number of hydrogen-bond acceptors (Lipinski definition) is 2. The summed E-state index contributed by atoms with van der Waals surface area (Å²) in [5.74, 6) is -0.955. The summed E-state index contributed by atoms with van der Waals surface area (Å²) in [6.07, 6.45) is 0. The first kappa shape index (κ1) is 15.2. The maximum absolute atomic E-state index is 13.8. The SMILES string of the molecule is CC.O=c1c2cc3cc(F)ccc3cc2oc2c(F)cccc12. The minimum absolute atomic E-state index is 0.0588. The van der Waals surface area contributed by atoms with Crippen LogP contribution in [-0.2, 0) is 0 Å². The normalized spacial score (nSPS) is 10.8. The predicted molar refractivity (Wildman–Crippen MR) is 88.8 cm³/mol. The molecule has 0 aliphatic heterocycles. The lowest BCUT2D eigenvalue weighted by atomic mass is 10.1. The van der Waals surface area contributed by atoms with Crippen molar-refractivity contribution in [2.75, 3.05) is 0 Å². The molecule has 4 heteroatoms. The predicted octanol–water partition coefficient (Wildman–Crippen LogP) is 5.40. The molecule has 0 saturated carbocycles. The van der Waals surface area contributed by atoms with Crippen LogP contribution in [0, 0.1) is 11.6 Å².